The molecule has 0 N–H and O–H groups in total. The molecule has 1 unspecified atom stereocenters. The van der Waals surface area contributed by atoms with Crippen LogP contribution >= 0.6 is 11.6 Å². The summed E-state index contributed by atoms with van der Waals surface area (Å²) in [5.41, 5.74) is 4.18. The quantitative estimate of drug-likeness (QED) is 0.641. The van der Waals surface area contributed by atoms with Crippen molar-refractivity contribution in [2.24, 2.45) is 5.92 Å². The second-order valence-corrected chi connectivity index (χ2v) is 5.81. The molecule has 0 aliphatic rings. The van der Waals surface area contributed by atoms with Gasteiger partial charge < -0.3 is 0 Å². The first-order chi connectivity index (χ1) is 7.49. The summed E-state index contributed by atoms with van der Waals surface area (Å²) in [6.07, 6.45) is 3.31. The van der Waals surface area contributed by atoms with Crippen LogP contribution in [0.4, 0.5) is 0 Å². The maximum Gasteiger partial charge on any atom is 0.0341 e. The van der Waals surface area contributed by atoms with Gasteiger partial charge in [-0.15, -0.1) is 11.6 Å². The molecule has 1 aromatic rings. The van der Waals surface area contributed by atoms with Crippen molar-refractivity contribution < 1.29 is 0 Å². The molecule has 0 fully saturated rings. The Kier molecular flexibility index (Phi) is 5.34. The van der Waals surface area contributed by atoms with Crippen LogP contribution in [0.25, 0.3) is 0 Å². The van der Waals surface area contributed by atoms with Crippen molar-refractivity contribution >= 4 is 11.6 Å². The predicted molar refractivity (Wildman–Crippen MR) is 73.3 cm³/mol. The average molecular weight is 239 g/mol. The summed E-state index contributed by atoms with van der Waals surface area (Å²) in [7, 11) is 0. The minimum absolute atomic E-state index is 0.319. The predicted octanol–water partition coefficient (Wildman–Crippen LogP) is 4.89. The van der Waals surface area contributed by atoms with Gasteiger partial charge >= 0.3 is 0 Å². The molecular weight excluding hydrogens is 216 g/mol. The largest absolute Gasteiger partial charge is 0.123 e. The smallest absolute Gasteiger partial charge is 0.0341 e. The van der Waals surface area contributed by atoms with Gasteiger partial charge in [-0.05, 0) is 50.2 Å². The lowest BCUT2D eigenvalue weighted by molar-refractivity contribution is 0.544. The van der Waals surface area contributed by atoms with E-state index in [4.69, 9.17) is 11.6 Å². The lowest BCUT2D eigenvalue weighted by Crippen LogP contribution is -2.05. The third kappa shape index (κ3) is 4.57. The van der Waals surface area contributed by atoms with E-state index < -0.39 is 0 Å². The zero-order chi connectivity index (χ0) is 12.1. The number of hydrogen-bond acceptors (Lipinski definition) is 0. The van der Waals surface area contributed by atoms with E-state index in [9.17, 15) is 0 Å². The molecule has 90 valence electrons. The molecule has 0 aliphatic heterocycles. The van der Waals surface area contributed by atoms with Crippen molar-refractivity contribution in [1.29, 1.82) is 0 Å². The molecule has 0 amide bonds. The van der Waals surface area contributed by atoms with Gasteiger partial charge in [-0.1, -0.05) is 37.6 Å². The molecule has 0 aromatic heterocycles. The van der Waals surface area contributed by atoms with E-state index in [0.717, 1.165) is 19.3 Å². The fourth-order valence-corrected chi connectivity index (χ4v) is 2.48. The van der Waals surface area contributed by atoms with E-state index in [1.807, 2.05) is 0 Å². The van der Waals surface area contributed by atoms with Gasteiger partial charge in [0.15, 0.2) is 0 Å². The van der Waals surface area contributed by atoms with Crippen molar-refractivity contribution in [2.75, 3.05) is 0 Å². The molecule has 1 heteroatoms. The van der Waals surface area contributed by atoms with Crippen LogP contribution in [0.5, 0.6) is 0 Å². The molecule has 1 aromatic carbocycles. The van der Waals surface area contributed by atoms with Gasteiger partial charge in [0.1, 0.15) is 0 Å². The van der Waals surface area contributed by atoms with Crippen molar-refractivity contribution in [2.45, 2.75) is 52.3 Å². The SMILES string of the molecule is Cc1ccc(C)c(CCC(Cl)CC(C)C)c1. The Bertz CT molecular complexity index is 328. The van der Waals surface area contributed by atoms with Gasteiger partial charge in [-0.3, -0.25) is 0 Å². The molecule has 16 heavy (non-hydrogen) atoms. The van der Waals surface area contributed by atoms with Crippen molar-refractivity contribution in [1.82, 2.24) is 0 Å². The van der Waals surface area contributed by atoms with Crippen LogP contribution in [0.2, 0.25) is 0 Å². The summed E-state index contributed by atoms with van der Waals surface area (Å²) in [5, 5.41) is 0.319. The van der Waals surface area contributed by atoms with Gasteiger partial charge in [0.25, 0.3) is 0 Å². The molecule has 0 bridgehead atoms. The number of benzene rings is 1. The Hall–Kier alpha value is -0.490. The monoisotopic (exact) mass is 238 g/mol. The van der Waals surface area contributed by atoms with Crippen LogP contribution in [0, 0.1) is 19.8 Å². The van der Waals surface area contributed by atoms with Crippen LogP contribution in [0.3, 0.4) is 0 Å². The van der Waals surface area contributed by atoms with Gasteiger partial charge in [0.2, 0.25) is 0 Å². The molecular formula is C15H23Cl. The summed E-state index contributed by atoms with van der Waals surface area (Å²) in [4.78, 5) is 0. The van der Waals surface area contributed by atoms with E-state index in [0.29, 0.717) is 11.3 Å². The van der Waals surface area contributed by atoms with Crippen LogP contribution in [-0.2, 0) is 6.42 Å². The van der Waals surface area contributed by atoms with E-state index in [1.165, 1.54) is 16.7 Å². The molecule has 0 spiro atoms. The number of halogens is 1. The third-order valence-electron chi connectivity index (χ3n) is 2.96. The molecule has 0 aliphatic carbocycles. The highest BCUT2D eigenvalue weighted by molar-refractivity contribution is 6.20. The molecule has 1 rings (SSSR count). The molecule has 0 radical (unpaired) electrons. The number of rotatable bonds is 5. The van der Waals surface area contributed by atoms with Crippen LogP contribution in [0.1, 0.15) is 43.4 Å². The van der Waals surface area contributed by atoms with Gasteiger partial charge in [0, 0.05) is 5.38 Å². The van der Waals surface area contributed by atoms with Crippen molar-refractivity contribution in [3.63, 3.8) is 0 Å². The lowest BCUT2D eigenvalue weighted by atomic mass is 9.98. The number of aryl methyl sites for hydroxylation is 3. The first-order valence-electron chi connectivity index (χ1n) is 6.19. The molecule has 0 heterocycles. The normalized spacial score (nSPS) is 13.1. The third-order valence-corrected chi connectivity index (χ3v) is 3.36. The van der Waals surface area contributed by atoms with E-state index >= 15 is 0 Å². The first kappa shape index (κ1) is 13.6. The maximum absolute atomic E-state index is 6.32. The Morgan fingerprint density at radius 3 is 2.50 bits per heavy atom. The van der Waals surface area contributed by atoms with Crippen molar-refractivity contribution in [3.05, 3.63) is 34.9 Å². The minimum atomic E-state index is 0.319. The minimum Gasteiger partial charge on any atom is -0.123 e. The number of hydrogen-bond donors (Lipinski definition) is 0. The van der Waals surface area contributed by atoms with Crippen LogP contribution in [0.15, 0.2) is 18.2 Å². The Labute approximate surface area is 105 Å². The van der Waals surface area contributed by atoms with Gasteiger partial charge in [0.05, 0.1) is 0 Å². The standard InChI is InChI=1S/C15H23Cl/c1-11(2)9-15(16)8-7-14-10-12(3)5-6-13(14)4/h5-6,10-11,15H,7-9H2,1-4H3. The Balaban J connectivity index is 2.51. The summed E-state index contributed by atoms with van der Waals surface area (Å²) in [6, 6.07) is 6.66. The second kappa shape index (κ2) is 6.30. The highest BCUT2D eigenvalue weighted by Crippen LogP contribution is 2.19. The fourth-order valence-electron chi connectivity index (χ4n) is 2.01. The second-order valence-electron chi connectivity index (χ2n) is 5.20. The maximum atomic E-state index is 6.32. The molecule has 0 saturated carbocycles. The van der Waals surface area contributed by atoms with E-state index in [1.54, 1.807) is 0 Å². The Morgan fingerprint density at radius 1 is 1.19 bits per heavy atom. The first-order valence-corrected chi connectivity index (χ1v) is 6.63. The zero-order valence-electron chi connectivity index (χ0n) is 10.9. The summed E-state index contributed by atoms with van der Waals surface area (Å²) >= 11 is 6.32. The summed E-state index contributed by atoms with van der Waals surface area (Å²) < 4.78 is 0. The van der Waals surface area contributed by atoms with Gasteiger partial charge in [-0.25, -0.2) is 0 Å². The zero-order valence-corrected chi connectivity index (χ0v) is 11.6. The average Bonchev–Trinajstić information content (AvgIpc) is 2.18. The summed E-state index contributed by atoms with van der Waals surface area (Å²) in [6.45, 7) is 8.79. The Morgan fingerprint density at radius 2 is 1.88 bits per heavy atom. The van der Waals surface area contributed by atoms with E-state index in [2.05, 4.69) is 45.9 Å². The lowest BCUT2D eigenvalue weighted by Gasteiger charge is -2.13. The van der Waals surface area contributed by atoms with Crippen molar-refractivity contribution in [3.8, 4) is 0 Å². The fraction of sp³-hybridized carbons (Fsp3) is 0.600. The topological polar surface area (TPSA) is 0 Å². The molecule has 1 atom stereocenters. The highest BCUT2D eigenvalue weighted by Gasteiger charge is 2.08. The van der Waals surface area contributed by atoms with E-state index in [-0.39, 0.29) is 0 Å². The number of alkyl halides is 1. The van der Waals surface area contributed by atoms with Gasteiger partial charge in [-0.2, -0.15) is 0 Å². The molecule has 0 saturated heterocycles. The van der Waals surface area contributed by atoms with Crippen LogP contribution < -0.4 is 0 Å². The highest BCUT2D eigenvalue weighted by atomic mass is 35.5. The summed E-state index contributed by atoms with van der Waals surface area (Å²) in [5.74, 6) is 0.695. The van der Waals surface area contributed by atoms with Crippen LogP contribution in [-0.4, -0.2) is 5.38 Å². The molecule has 0 nitrogen and oxygen atoms in total.